The summed E-state index contributed by atoms with van der Waals surface area (Å²) >= 11 is 1.55. The van der Waals surface area contributed by atoms with Crippen LogP contribution in [0.3, 0.4) is 0 Å². The summed E-state index contributed by atoms with van der Waals surface area (Å²) in [5, 5.41) is 7.74. The molecule has 0 saturated carbocycles. The Morgan fingerprint density at radius 2 is 2.15 bits per heavy atom. The van der Waals surface area contributed by atoms with Crippen LogP contribution in [-0.4, -0.2) is 35.2 Å². The van der Waals surface area contributed by atoms with E-state index in [9.17, 15) is 9.59 Å². The Morgan fingerprint density at radius 3 is 3.00 bits per heavy atom. The molecule has 0 saturated heterocycles. The van der Waals surface area contributed by atoms with Crippen LogP contribution in [0.5, 0.6) is 0 Å². The summed E-state index contributed by atoms with van der Waals surface area (Å²) in [7, 11) is 0. The lowest BCUT2D eigenvalue weighted by molar-refractivity contribution is -0.147. The Morgan fingerprint density at radius 1 is 1.26 bits per heavy atom. The molecule has 2 aromatic heterocycles. The number of benzene rings is 1. The van der Waals surface area contributed by atoms with Crippen molar-refractivity contribution in [3.05, 3.63) is 52.5 Å². The van der Waals surface area contributed by atoms with Crippen LogP contribution in [0.15, 0.2) is 45.6 Å². The maximum absolute atomic E-state index is 12.3. The standard InChI is InChI=1S/C19H17N3O4S/c23-17(22-9-7-13-3-1-2-4-15(13)22)11-25-18(24)6-5-16-20-19(21-26-16)14-8-10-27-12-14/h1-4,8,10,12H,5-7,9,11H2. The zero-order valence-electron chi connectivity index (χ0n) is 14.5. The van der Waals surface area contributed by atoms with Crippen molar-refractivity contribution in [1.82, 2.24) is 10.1 Å². The fourth-order valence-electron chi connectivity index (χ4n) is 2.96. The molecule has 0 atom stereocenters. The molecular formula is C19H17N3O4S. The minimum absolute atomic E-state index is 0.0785. The van der Waals surface area contributed by atoms with Gasteiger partial charge in [0.05, 0.1) is 6.42 Å². The van der Waals surface area contributed by atoms with Gasteiger partial charge in [-0.2, -0.15) is 16.3 Å². The summed E-state index contributed by atoms with van der Waals surface area (Å²) in [4.78, 5) is 30.2. The summed E-state index contributed by atoms with van der Waals surface area (Å²) in [5.74, 6) is 0.187. The minimum Gasteiger partial charge on any atom is -0.456 e. The normalized spacial score (nSPS) is 12.8. The summed E-state index contributed by atoms with van der Waals surface area (Å²) in [6, 6.07) is 9.65. The van der Waals surface area contributed by atoms with E-state index in [1.54, 1.807) is 16.2 Å². The lowest BCUT2D eigenvalue weighted by Gasteiger charge is -2.17. The molecule has 0 bridgehead atoms. The highest BCUT2D eigenvalue weighted by atomic mass is 32.1. The molecule has 0 N–H and O–H groups in total. The van der Waals surface area contributed by atoms with Gasteiger partial charge in [0, 0.05) is 29.6 Å². The minimum atomic E-state index is -0.467. The number of esters is 1. The number of hydrogen-bond acceptors (Lipinski definition) is 7. The number of ether oxygens (including phenoxy) is 1. The van der Waals surface area contributed by atoms with Crippen LogP contribution in [-0.2, 0) is 27.2 Å². The first-order valence-electron chi connectivity index (χ1n) is 8.60. The van der Waals surface area contributed by atoms with E-state index in [1.807, 2.05) is 41.1 Å². The number of thiophene rings is 1. The lowest BCUT2D eigenvalue weighted by Crippen LogP contribution is -2.33. The first kappa shape index (κ1) is 17.4. The molecule has 1 aromatic carbocycles. The molecule has 1 aliphatic rings. The molecule has 0 unspecified atom stereocenters. The molecule has 0 fully saturated rings. The summed E-state index contributed by atoms with van der Waals surface area (Å²) < 4.78 is 10.3. The largest absolute Gasteiger partial charge is 0.456 e. The van der Waals surface area contributed by atoms with Crippen LogP contribution in [0, 0.1) is 0 Å². The van der Waals surface area contributed by atoms with Crippen molar-refractivity contribution in [3.63, 3.8) is 0 Å². The van der Waals surface area contributed by atoms with Crippen molar-refractivity contribution >= 4 is 28.9 Å². The van der Waals surface area contributed by atoms with Crippen molar-refractivity contribution in [1.29, 1.82) is 0 Å². The van der Waals surface area contributed by atoms with Crippen LogP contribution in [0.4, 0.5) is 5.69 Å². The highest BCUT2D eigenvalue weighted by Crippen LogP contribution is 2.27. The van der Waals surface area contributed by atoms with Gasteiger partial charge in [-0.15, -0.1) is 0 Å². The molecule has 0 aliphatic carbocycles. The van der Waals surface area contributed by atoms with Gasteiger partial charge < -0.3 is 14.2 Å². The summed E-state index contributed by atoms with van der Waals surface area (Å²) in [6.07, 6.45) is 1.17. The topological polar surface area (TPSA) is 85.5 Å². The van der Waals surface area contributed by atoms with Crippen LogP contribution in [0.25, 0.3) is 11.4 Å². The molecule has 1 aliphatic heterocycles. The van der Waals surface area contributed by atoms with E-state index < -0.39 is 5.97 Å². The molecule has 8 heteroatoms. The molecule has 7 nitrogen and oxygen atoms in total. The Hall–Kier alpha value is -3.00. The summed E-state index contributed by atoms with van der Waals surface area (Å²) in [6.45, 7) is 0.347. The van der Waals surface area contributed by atoms with Crippen molar-refractivity contribution in [2.75, 3.05) is 18.1 Å². The van der Waals surface area contributed by atoms with Gasteiger partial charge in [0.15, 0.2) is 6.61 Å². The molecule has 27 heavy (non-hydrogen) atoms. The van der Waals surface area contributed by atoms with Crippen LogP contribution < -0.4 is 4.90 Å². The Bertz CT molecular complexity index is 952. The number of para-hydroxylation sites is 1. The number of nitrogens with zero attached hydrogens (tertiary/aromatic N) is 3. The van der Waals surface area contributed by atoms with E-state index in [1.165, 1.54) is 0 Å². The van der Waals surface area contributed by atoms with Crippen LogP contribution in [0.1, 0.15) is 17.9 Å². The number of aryl methyl sites for hydroxylation is 1. The van der Waals surface area contributed by atoms with Crippen molar-refractivity contribution in [2.45, 2.75) is 19.3 Å². The van der Waals surface area contributed by atoms with Gasteiger partial charge >= 0.3 is 5.97 Å². The molecule has 4 rings (SSSR count). The highest BCUT2D eigenvalue weighted by Gasteiger charge is 2.24. The van der Waals surface area contributed by atoms with Gasteiger partial charge in [-0.1, -0.05) is 23.4 Å². The number of aromatic nitrogens is 2. The molecule has 0 radical (unpaired) electrons. The van der Waals surface area contributed by atoms with Crippen LogP contribution in [0.2, 0.25) is 0 Å². The molecule has 0 spiro atoms. The first-order chi connectivity index (χ1) is 13.2. The monoisotopic (exact) mass is 383 g/mol. The fraction of sp³-hybridized carbons (Fsp3) is 0.263. The Labute approximate surface area is 159 Å². The molecular weight excluding hydrogens is 366 g/mol. The number of carbonyl (C=O) groups is 2. The number of amides is 1. The van der Waals surface area contributed by atoms with Gasteiger partial charge in [-0.3, -0.25) is 9.59 Å². The average Bonchev–Trinajstić information content (AvgIpc) is 3.44. The number of carbonyl (C=O) groups excluding carboxylic acids is 2. The third kappa shape index (κ3) is 3.90. The molecule has 3 heterocycles. The number of anilines is 1. The second-order valence-electron chi connectivity index (χ2n) is 6.11. The first-order valence-corrected chi connectivity index (χ1v) is 9.54. The smallest absolute Gasteiger partial charge is 0.306 e. The van der Waals surface area contributed by atoms with E-state index in [0.717, 1.165) is 23.2 Å². The van der Waals surface area contributed by atoms with Gasteiger partial charge in [0.1, 0.15) is 0 Å². The van der Waals surface area contributed by atoms with Gasteiger partial charge in [0.2, 0.25) is 11.7 Å². The van der Waals surface area contributed by atoms with E-state index in [-0.39, 0.29) is 25.4 Å². The van der Waals surface area contributed by atoms with Crippen LogP contribution >= 0.6 is 11.3 Å². The SMILES string of the molecule is O=C(CCc1nc(-c2ccsc2)no1)OCC(=O)N1CCc2ccccc21. The maximum Gasteiger partial charge on any atom is 0.306 e. The van der Waals surface area contributed by atoms with E-state index in [4.69, 9.17) is 9.26 Å². The van der Waals surface area contributed by atoms with Crippen molar-refractivity contribution < 1.29 is 18.8 Å². The van der Waals surface area contributed by atoms with Crippen molar-refractivity contribution in [2.24, 2.45) is 0 Å². The lowest BCUT2D eigenvalue weighted by atomic mass is 10.2. The average molecular weight is 383 g/mol. The summed E-state index contributed by atoms with van der Waals surface area (Å²) in [5.41, 5.74) is 2.91. The molecule has 3 aromatic rings. The zero-order valence-corrected chi connectivity index (χ0v) is 15.3. The predicted octanol–water partition coefficient (Wildman–Crippen LogP) is 2.86. The third-order valence-electron chi connectivity index (χ3n) is 4.34. The highest BCUT2D eigenvalue weighted by molar-refractivity contribution is 7.08. The molecule has 1 amide bonds. The third-order valence-corrected chi connectivity index (χ3v) is 5.02. The van der Waals surface area contributed by atoms with E-state index >= 15 is 0 Å². The zero-order chi connectivity index (χ0) is 18.6. The predicted molar refractivity (Wildman–Crippen MR) is 99.4 cm³/mol. The fourth-order valence-corrected chi connectivity index (χ4v) is 3.60. The Kier molecular flexibility index (Phi) is 4.97. The van der Waals surface area contributed by atoms with Crippen molar-refractivity contribution in [3.8, 4) is 11.4 Å². The second kappa shape index (κ2) is 7.71. The van der Waals surface area contributed by atoms with E-state index in [0.29, 0.717) is 18.3 Å². The van der Waals surface area contributed by atoms with Gasteiger partial charge in [0.25, 0.3) is 5.91 Å². The number of rotatable bonds is 6. The molecule has 138 valence electrons. The number of hydrogen-bond donors (Lipinski definition) is 0. The Balaban J connectivity index is 1.25. The number of fused-ring (bicyclic) bond motifs is 1. The quantitative estimate of drug-likeness (QED) is 0.609. The second-order valence-corrected chi connectivity index (χ2v) is 6.89. The maximum atomic E-state index is 12.3. The van der Waals surface area contributed by atoms with Gasteiger partial charge in [-0.25, -0.2) is 0 Å². The van der Waals surface area contributed by atoms with E-state index in [2.05, 4.69) is 10.1 Å². The van der Waals surface area contributed by atoms with Gasteiger partial charge in [-0.05, 0) is 29.5 Å².